The maximum absolute atomic E-state index is 13.4. The molecule has 1 aliphatic rings. The maximum atomic E-state index is 13.4. The third-order valence-corrected chi connectivity index (χ3v) is 7.72. The lowest BCUT2D eigenvalue weighted by Gasteiger charge is -2.27. The predicted octanol–water partition coefficient (Wildman–Crippen LogP) is 5.09. The molecule has 0 saturated carbocycles. The molecular weight excluding hydrogens is 473 g/mol. The van der Waals surface area contributed by atoms with Crippen molar-refractivity contribution in [1.29, 1.82) is 0 Å². The van der Waals surface area contributed by atoms with Gasteiger partial charge in [0.05, 0.1) is 30.2 Å². The van der Waals surface area contributed by atoms with Gasteiger partial charge >= 0.3 is 0 Å². The number of nitrogens with zero attached hydrogens (tertiary/aromatic N) is 1. The Hall–Kier alpha value is -2.48. The fraction of sp³-hybridized carbons (Fsp3) is 0.261. The van der Waals surface area contributed by atoms with Crippen LogP contribution in [-0.2, 0) is 16.4 Å². The predicted molar refractivity (Wildman–Crippen MR) is 124 cm³/mol. The maximum Gasteiger partial charge on any atom is 0.254 e. The summed E-state index contributed by atoms with van der Waals surface area (Å²) in [7, 11) is -1.67. The number of carbonyl (C=O) groups is 1. The first kappa shape index (κ1) is 22.7. The van der Waals surface area contributed by atoms with Crippen molar-refractivity contribution in [2.45, 2.75) is 19.0 Å². The molecule has 0 aliphatic carbocycles. The zero-order valence-corrected chi connectivity index (χ0v) is 19.6. The summed E-state index contributed by atoms with van der Waals surface area (Å²) in [6.07, 6.45) is 0.381. The Morgan fingerprint density at radius 2 is 1.97 bits per heavy atom. The van der Waals surface area contributed by atoms with E-state index in [1.807, 2.05) is 0 Å². The van der Waals surface area contributed by atoms with Crippen LogP contribution in [0.25, 0.3) is 11.3 Å². The first-order valence-corrected chi connectivity index (χ1v) is 12.5. The molecule has 0 N–H and O–H groups in total. The quantitative estimate of drug-likeness (QED) is 0.477. The zero-order valence-electron chi connectivity index (χ0n) is 17.3. The molecule has 1 unspecified atom stereocenters. The first-order valence-electron chi connectivity index (χ1n) is 9.95. The molecule has 0 radical (unpaired) electrons. The molecule has 168 valence electrons. The van der Waals surface area contributed by atoms with Gasteiger partial charge in [0.1, 0.15) is 17.3 Å². The Morgan fingerprint density at radius 3 is 2.69 bits per heavy atom. The molecule has 1 saturated heterocycles. The highest BCUT2D eigenvalue weighted by Crippen LogP contribution is 2.33. The number of rotatable bonds is 6. The van der Waals surface area contributed by atoms with E-state index < -0.39 is 15.9 Å². The van der Waals surface area contributed by atoms with Gasteiger partial charge in [0.25, 0.3) is 5.91 Å². The van der Waals surface area contributed by atoms with Crippen molar-refractivity contribution in [3.05, 3.63) is 76.0 Å². The van der Waals surface area contributed by atoms with Crippen LogP contribution in [0.5, 0.6) is 5.75 Å². The summed E-state index contributed by atoms with van der Waals surface area (Å²) in [5, 5.41) is 1.01. The summed E-state index contributed by atoms with van der Waals surface area (Å²) in [5.41, 5.74) is 1.05. The SMILES string of the molecule is COc1cccc(C(=O)N(Cc2ccc(-c3cc(Cl)ccc3Cl)o2)C2CCS(=O)(=O)C2)c1. The first-order chi connectivity index (χ1) is 15.3. The lowest BCUT2D eigenvalue weighted by molar-refractivity contribution is 0.0666. The van der Waals surface area contributed by atoms with Crippen LogP contribution in [-0.4, -0.2) is 43.9 Å². The van der Waals surface area contributed by atoms with Gasteiger partial charge in [-0.2, -0.15) is 0 Å². The van der Waals surface area contributed by atoms with E-state index in [4.69, 9.17) is 32.4 Å². The Morgan fingerprint density at radius 1 is 1.16 bits per heavy atom. The van der Waals surface area contributed by atoms with Crippen molar-refractivity contribution in [3.8, 4) is 17.1 Å². The van der Waals surface area contributed by atoms with E-state index >= 15 is 0 Å². The number of hydrogen-bond acceptors (Lipinski definition) is 5. The number of furan rings is 1. The minimum absolute atomic E-state index is 0.0566. The highest BCUT2D eigenvalue weighted by atomic mass is 35.5. The molecule has 32 heavy (non-hydrogen) atoms. The van der Waals surface area contributed by atoms with Crippen LogP contribution < -0.4 is 4.74 Å². The number of amides is 1. The Labute approximate surface area is 196 Å². The minimum atomic E-state index is -3.19. The van der Waals surface area contributed by atoms with Gasteiger partial charge in [0.15, 0.2) is 9.84 Å². The number of hydrogen-bond donors (Lipinski definition) is 0. The standard InChI is InChI=1S/C23H21Cl2NO5S/c1-30-18-4-2-3-15(11-18)23(27)26(17-9-10-32(28,29)14-17)13-19-6-8-22(31-19)20-12-16(24)5-7-21(20)25/h2-8,11-12,17H,9-10,13-14H2,1H3. The highest BCUT2D eigenvalue weighted by Gasteiger charge is 2.35. The number of sulfone groups is 1. The van der Waals surface area contributed by atoms with E-state index in [1.54, 1.807) is 59.5 Å². The van der Waals surface area contributed by atoms with Crippen LogP contribution in [0.2, 0.25) is 10.0 Å². The summed E-state index contributed by atoms with van der Waals surface area (Å²) < 4.78 is 35.4. The Kier molecular flexibility index (Phi) is 6.51. The van der Waals surface area contributed by atoms with Crippen LogP contribution in [0.15, 0.2) is 59.0 Å². The van der Waals surface area contributed by atoms with Gasteiger partial charge in [-0.1, -0.05) is 29.3 Å². The lowest BCUT2D eigenvalue weighted by atomic mass is 10.1. The second-order valence-corrected chi connectivity index (χ2v) is 10.7. The molecule has 9 heteroatoms. The van der Waals surface area contributed by atoms with Crippen molar-refractivity contribution in [1.82, 2.24) is 4.90 Å². The van der Waals surface area contributed by atoms with Crippen LogP contribution in [0.4, 0.5) is 0 Å². The normalized spacial score (nSPS) is 17.3. The third kappa shape index (κ3) is 4.95. The molecule has 6 nitrogen and oxygen atoms in total. The highest BCUT2D eigenvalue weighted by molar-refractivity contribution is 7.91. The molecule has 3 aromatic rings. The summed E-state index contributed by atoms with van der Waals surface area (Å²) in [6, 6.07) is 14.9. The van der Waals surface area contributed by atoms with Gasteiger partial charge in [-0.05, 0) is 55.0 Å². The Bertz CT molecular complexity index is 1250. The summed E-state index contributed by atoms with van der Waals surface area (Å²) in [6.45, 7) is 0.119. The molecular formula is C23H21Cl2NO5S. The van der Waals surface area contributed by atoms with Crippen molar-refractivity contribution < 1.29 is 22.4 Å². The van der Waals surface area contributed by atoms with Crippen molar-refractivity contribution in [2.75, 3.05) is 18.6 Å². The van der Waals surface area contributed by atoms with Gasteiger partial charge in [-0.25, -0.2) is 8.42 Å². The molecule has 1 atom stereocenters. The van der Waals surface area contributed by atoms with Crippen molar-refractivity contribution in [2.24, 2.45) is 0 Å². The fourth-order valence-electron chi connectivity index (χ4n) is 3.77. The average Bonchev–Trinajstić information content (AvgIpc) is 3.39. The molecule has 2 heterocycles. The fourth-order valence-corrected chi connectivity index (χ4v) is 5.89. The van der Waals surface area contributed by atoms with Gasteiger partial charge in [0, 0.05) is 22.2 Å². The second-order valence-electron chi connectivity index (χ2n) is 7.61. The Balaban J connectivity index is 1.65. The zero-order chi connectivity index (χ0) is 22.9. The molecule has 1 amide bonds. The van der Waals surface area contributed by atoms with E-state index in [2.05, 4.69) is 0 Å². The van der Waals surface area contributed by atoms with E-state index in [1.165, 1.54) is 7.11 Å². The smallest absolute Gasteiger partial charge is 0.254 e. The van der Waals surface area contributed by atoms with E-state index in [-0.39, 0.29) is 24.0 Å². The monoisotopic (exact) mass is 493 g/mol. The molecule has 4 rings (SSSR count). The third-order valence-electron chi connectivity index (χ3n) is 5.41. The molecule has 1 fully saturated rings. The topological polar surface area (TPSA) is 76.8 Å². The number of halogens is 2. The second kappa shape index (κ2) is 9.17. The van der Waals surface area contributed by atoms with E-state index in [0.29, 0.717) is 44.9 Å². The number of ether oxygens (including phenoxy) is 1. The molecule has 0 bridgehead atoms. The largest absolute Gasteiger partial charge is 0.497 e. The number of carbonyl (C=O) groups excluding carboxylic acids is 1. The minimum Gasteiger partial charge on any atom is -0.497 e. The van der Waals surface area contributed by atoms with Gasteiger partial charge < -0.3 is 14.1 Å². The number of methoxy groups -OCH3 is 1. The van der Waals surface area contributed by atoms with Crippen molar-refractivity contribution >= 4 is 38.9 Å². The van der Waals surface area contributed by atoms with Gasteiger partial charge in [-0.15, -0.1) is 0 Å². The summed E-state index contributed by atoms with van der Waals surface area (Å²) in [4.78, 5) is 14.9. The van der Waals surface area contributed by atoms with Crippen LogP contribution in [0, 0.1) is 0 Å². The van der Waals surface area contributed by atoms with E-state index in [9.17, 15) is 13.2 Å². The molecule has 1 aliphatic heterocycles. The average molecular weight is 494 g/mol. The van der Waals surface area contributed by atoms with Gasteiger partial charge in [0.2, 0.25) is 0 Å². The van der Waals surface area contributed by atoms with Crippen LogP contribution in [0.1, 0.15) is 22.5 Å². The van der Waals surface area contributed by atoms with Crippen LogP contribution >= 0.6 is 23.2 Å². The molecule has 2 aromatic carbocycles. The number of benzene rings is 2. The molecule has 1 aromatic heterocycles. The van der Waals surface area contributed by atoms with Gasteiger partial charge in [-0.3, -0.25) is 4.79 Å². The summed E-state index contributed by atoms with van der Waals surface area (Å²) in [5.74, 6) is 1.27. The molecule has 0 spiro atoms. The lowest BCUT2D eigenvalue weighted by Crippen LogP contribution is -2.40. The van der Waals surface area contributed by atoms with Crippen molar-refractivity contribution in [3.63, 3.8) is 0 Å². The van der Waals surface area contributed by atoms with E-state index in [0.717, 1.165) is 0 Å². The summed E-state index contributed by atoms with van der Waals surface area (Å²) >= 11 is 12.4. The van der Waals surface area contributed by atoms with Crippen LogP contribution in [0.3, 0.4) is 0 Å².